The predicted octanol–water partition coefficient (Wildman–Crippen LogP) is 10.9. The van der Waals surface area contributed by atoms with Crippen LogP contribution in [0.5, 0.6) is 0 Å². The summed E-state index contributed by atoms with van der Waals surface area (Å²) in [5.41, 5.74) is 14.2. The minimum absolute atomic E-state index is 0.0480. The molecule has 1 fully saturated rings. The zero-order valence-electron chi connectivity index (χ0n) is 27.9. The number of benzene rings is 4. The molecule has 10 rings (SSSR count). The number of rotatable bonds is 4. The van der Waals surface area contributed by atoms with Crippen molar-refractivity contribution >= 4 is 28.2 Å². The van der Waals surface area contributed by atoms with Crippen LogP contribution in [0, 0.1) is 11.8 Å². The van der Waals surface area contributed by atoms with Crippen LogP contribution in [0.25, 0.3) is 62.1 Å². The lowest BCUT2D eigenvalue weighted by Crippen LogP contribution is -2.15. The summed E-state index contributed by atoms with van der Waals surface area (Å²) >= 11 is 0. The van der Waals surface area contributed by atoms with Gasteiger partial charge < -0.3 is 4.42 Å². The SMILES string of the molecule is CC1=C(c2ccc3c(c2)C(C)(C)c2ccccc2-3)C=Cc2oc3cccc(-c4nc(C5=CC6CC6C=C5)nc(-c5ccccc5)n4)c3c2C1. The highest BCUT2D eigenvalue weighted by Crippen LogP contribution is 2.50. The molecule has 6 aromatic rings. The van der Waals surface area contributed by atoms with Crippen molar-refractivity contribution in [3.8, 4) is 33.9 Å². The van der Waals surface area contributed by atoms with Crippen molar-refractivity contribution in [3.05, 3.63) is 155 Å². The Kier molecular flexibility index (Phi) is 6.05. The molecule has 4 aliphatic rings. The highest BCUT2D eigenvalue weighted by Gasteiger charge is 2.37. The molecule has 4 nitrogen and oxygen atoms in total. The van der Waals surface area contributed by atoms with Gasteiger partial charge in [-0.3, -0.25) is 0 Å². The average molecular weight is 634 g/mol. The van der Waals surface area contributed by atoms with Gasteiger partial charge >= 0.3 is 0 Å². The second kappa shape index (κ2) is 10.4. The monoisotopic (exact) mass is 633 g/mol. The molecule has 1 saturated carbocycles. The second-order valence-corrected chi connectivity index (χ2v) is 14.5. The third-order valence-corrected chi connectivity index (χ3v) is 11.0. The normalized spacial score (nSPS) is 19.6. The number of furan rings is 1. The predicted molar refractivity (Wildman–Crippen MR) is 199 cm³/mol. The van der Waals surface area contributed by atoms with E-state index in [4.69, 9.17) is 19.4 Å². The quantitative estimate of drug-likeness (QED) is 0.194. The van der Waals surface area contributed by atoms with Gasteiger partial charge in [0.15, 0.2) is 17.5 Å². The summed E-state index contributed by atoms with van der Waals surface area (Å²) in [4.78, 5) is 15.2. The molecule has 4 aromatic carbocycles. The molecule has 0 saturated heterocycles. The van der Waals surface area contributed by atoms with E-state index in [1.54, 1.807) is 0 Å². The van der Waals surface area contributed by atoms with E-state index in [-0.39, 0.29) is 5.41 Å². The van der Waals surface area contributed by atoms with E-state index in [9.17, 15) is 0 Å². The van der Waals surface area contributed by atoms with Crippen LogP contribution in [0.1, 0.15) is 61.0 Å². The Labute approximate surface area is 286 Å². The van der Waals surface area contributed by atoms with E-state index < -0.39 is 0 Å². The van der Waals surface area contributed by atoms with Crippen molar-refractivity contribution in [2.45, 2.75) is 39.0 Å². The van der Waals surface area contributed by atoms with Crippen molar-refractivity contribution in [1.29, 1.82) is 0 Å². The number of hydrogen-bond acceptors (Lipinski definition) is 4. The highest BCUT2D eigenvalue weighted by atomic mass is 16.3. The second-order valence-electron chi connectivity index (χ2n) is 14.5. The number of hydrogen-bond donors (Lipinski definition) is 0. The van der Waals surface area contributed by atoms with Crippen LogP contribution >= 0.6 is 0 Å². The van der Waals surface area contributed by atoms with Gasteiger partial charge in [0, 0.05) is 33.1 Å². The lowest BCUT2D eigenvalue weighted by Gasteiger charge is -2.22. The Morgan fingerprint density at radius 3 is 2.33 bits per heavy atom. The minimum Gasteiger partial charge on any atom is -0.456 e. The zero-order chi connectivity index (χ0) is 32.9. The largest absolute Gasteiger partial charge is 0.456 e. The summed E-state index contributed by atoms with van der Waals surface area (Å²) < 4.78 is 6.59. The van der Waals surface area contributed by atoms with Crippen LogP contribution in [0.15, 0.2) is 125 Å². The summed E-state index contributed by atoms with van der Waals surface area (Å²) in [5, 5.41) is 1.07. The number of aromatic nitrogens is 3. The Morgan fingerprint density at radius 2 is 1.45 bits per heavy atom. The summed E-state index contributed by atoms with van der Waals surface area (Å²) in [6.45, 7) is 6.94. The Morgan fingerprint density at radius 1 is 0.673 bits per heavy atom. The molecule has 0 spiro atoms. The first-order valence-electron chi connectivity index (χ1n) is 17.3. The van der Waals surface area contributed by atoms with Gasteiger partial charge in [-0.25, -0.2) is 15.0 Å². The fourth-order valence-electron chi connectivity index (χ4n) is 8.26. The maximum atomic E-state index is 6.59. The van der Waals surface area contributed by atoms with Gasteiger partial charge in [-0.15, -0.1) is 0 Å². The van der Waals surface area contributed by atoms with E-state index in [0.29, 0.717) is 23.5 Å². The number of fused-ring (bicyclic) bond motifs is 7. The van der Waals surface area contributed by atoms with Crippen LogP contribution in [0.4, 0.5) is 0 Å². The third-order valence-electron chi connectivity index (χ3n) is 11.0. The Hall–Kier alpha value is -5.61. The summed E-state index contributed by atoms with van der Waals surface area (Å²) in [5.74, 6) is 4.22. The minimum atomic E-state index is -0.0480. The summed E-state index contributed by atoms with van der Waals surface area (Å²) in [7, 11) is 0. The molecule has 2 atom stereocenters. The first kappa shape index (κ1) is 28.4. The average Bonchev–Trinajstić information content (AvgIpc) is 3.82. The lowest BCUT2D eigenvalue weighted by atomic mass is 9.81. The van der Waals surface area contributed by atoms with Crippen LogP contribution < -0.4 is 0 Å². The molecular formula is C45H35N3O. The van der Waals surface area contributed by atoms with Gasteiger partial charge in [0.1, 0.15) is 11.3 Å². The van der Waals surface area contributed by atoms with Crippen molar-refractivity contribution in [3.63, 3.8) is 0 Å². The van der Waals surface area contributed by atoms with Gasteiger partial charge in [-0.1, -0.05) is 123 Å². The van der Waals surface area contributed by atoms with Crippen LogP contribution in [0.2, 0.25) is 0 Å². The maximum absolute atomic E-state index is 6.59. The molecule has 2 heterocycles. The lowest BCUT2D eigenvalue weighted by molar-refractivity contribution is 0.600. The summed E-state index contributed by atoms with van der Waals surface area (Å²) in [6, 6.07) is 32.3. The molecule has 0 amide bonds. The first-order chi connectivity index (χ1) is 23.9. The molecule has 0 aliphatic heterocycles. The third kappa shape index (κ3) is 4.47. The van der Waals surface area contributed by atoms with Gasteiger partial charge in [0.25, 0.3) is 0 Å². The smallest absolute Gasteiger partial charge is 0.164 e. The van der Waals surface area contributed by atoms with E-state index in [2.05, 4.69) is 118 Å². The van der Waals surface area contributed by atoms with Crippen LogP contribution in [-0.4, -0.2) is 15.0 Å². The topological polar surface area (TPSA) is 51.8 Å². The van der Waals surface area contributed by atoms with Crippen LogP contribution in [-0.2, 0) is 11.8 Å². The van der Waals surface area contributed by atoms with E-state index >= 15 is 0 Å². The molecule has 0 N–H and O–H groups in total. The van der Waals surface area contributed by atoms with E-state index in [1.807, 2.05) is 24.3 Å². The fourth-order valence-corrected chi connectivity index (χ4v) is 8.26. The van der Waals surface area contributed by atoms with Crippen LogP contribution in [0.3, 0.4) is 0 Å². The molecule has 0 radical (unpaired) electrons. The highest BCUT2D eigenvalue weighted by molar-refractivity contribution is 5.99. The molecule has 0 bridgehead atoms. The van der Waals surface area contributed by atoms with Gasteiger partial charge in [0.05, 0.1) is 0 Å². The molecule has 2 unspecified atom stereocenters. The van der Waals surface area contributed by atoms with E-state index in [0.717, 1.165) is 45.7 Å². The van der Waals surface area contributed by atoms with Gasteiger partial charge in [-0.05, 0) is 83.2 Å². The van der Waals surface area contributed by atoms with Gasteiger partial charge in [-0.2, -0.15) is 0 Å². The summed E-state index contributed by atoms with van der Waals surface area (Å²) in [6.07, 6.45) is 13.2. The van der Waals surface area contributed by atoms with Gasteiger partial charge in [0.2, 0.25) is 0 Å². The molecule has 4 heteroatoms. The Balaban J connectivity index is 1.09. The number of nitrogens with zero attached hydrogens (tertiary/aromatic N) is 3. The first-order valence-corrected chi connectivity index (χ1v) is 17.3. The number of allylic oxidation sites excluding steroid dienone is 7. The van der Waals surface area contributed by atoms with Crippen molar-refractivity contribution in [2.75, 3.05) is 0 Å². The fraction of sp³-hybridized carbons (Fsp3) is 0.178. The molecule has 49 heavy (non-hydrogen) atoms. The Bertz CT molecular complexity index is 2490. The van der Waals surface area contributed by atoms with Crippen molar-refractivity contribution < 1.29 is 4.42 Å². The van der Waals surface area contributed by atoms with Crippen molar-refractivity contribution in [1.82, 2.24) is 15.0 Å². The molecule has 2 aromatic heterocycles. The maximum Gasteiger partial charge on any atom is 0.164 e. The van der Waals surface area contributed by atoms with E-state index in [1.165, 1.54) is 50.9 Å². The standard InChI is InChI=1S/C45H35N3O/c1-26-22-36-39(21-20-32(26)29-18-19-34-33-12-7-8-14-37(33)45(2,3)38(34)25-29)49-40-15-9-13-35(41(36)40)44-47-42(27-10-5-4-6-11-27)46-43(48-44)30-17-16-28-23-31(28)24-30/h4-21,24-25,28,31H,22-23H2,1-3H3. The zero-order valence-corrected chi connectivity index (χ0v) is 27.9. The molecule has 236 valence electrons. The van der Waals surface area contributed by atoms with Crippen molar-refractivity contribution in [2.24, 2.45) is 11.8 Å². The molecular weight excluding hydrogens is 599 g/mol. The molecule has 4 aliphatic carbocycles.